The number of anilines is 2. The van der Waals surface area contributed by atoms with Crippen LogP contribution >= 0.6 is 23.2 Å². The summed E-state index contributed by atoms with van der Waals surface area (Å²) in [5.74, 6) is -0.942. The lowest BCUT2D eigenvalue weighted by Crippen LogP contribution is -2.46. The maximum atomic E-state index is 10.6. The number of hydrogen-bond donors (Lipinski definition) is 2. The first-order valence-electron chi connectivity index (χ1n) is 11.2. The molecule has 2 aromatic heterocycles. The van der Waals surface area contributed by atoms with E-state index in [1.54, 1.807) is 12.4 Å². The Morgan fingerprint density at radius 3 is 2.42 bits per heavy atom. The molecule has 0 amide bonds. The van der Waals surface area contributed by atoms with E-state index in [0.717, 1.165) is 71.0 Å². The zero-order valence-electron chi connectivity index (χ0n) is 19.0. The smallest absolute Gasteiger partial charge is 0.475 e. The molecule has 1 saturated carbocycles. The summed E-state index contributed by atoms with van der Waals surface area (Å²) in [6.07, 6.45) is 0.856. The van der Waals surface area contributed by atoms with Crippen molar-refractivity contribution >= 4 is 51.8 Å². The number of fused-ring (bicyclic) bond motifs is 1. The molecule has 2 fully saturated rings. The first kappa shape index (κ1) is 26.2. The Morgan fingerprint density at radius 2 is 1.78 bits per heavy atom. The summed E-state index contributed by atoms with van der Waals surface area (Å²) in [7, 11) is 0. The minimum absolute atomic E-state index is 0.522. The van der Waals surface area contributed by atoms with Gasteiger partial charge in [-0.15, -0.1) is 0 Å². The summed E-state index contributed by atoms with van der Waals surface area (Å²) in [5.41, 5.74) is 2.78. The number of rotatable bonds is 5. The molecule has 5 rings (SSSR count). The highest BCUT2D eigenvalue weighted by atomic mass is 35.5. The number of carboxylic acids is 1. The van der Waals surface area contributed by atoms with Gasteiger partial charge in [0.15, 0.2) is 11.6 Å². The summed E-state index contributed by atoms with van der Waals surface area (Å²) in [5, 5.41) is 12.2. The Kier molecular flexibility index (Phi) is 8.01. The zero-order valence-corrected chi connectivity index (χ0v) is 20.5. The van der Waals surface area contributed by atoms with E-state index in [0.29, 0.717) is 6.04 Å². The number of halogens is 5. The lowest BCUT2D eigenvalue weighted by molar-refractivity contribution is -0.192. The predicted molar refractivity (Wildman–Crippen MR) is 132 cm³/mol. The summed E-state index contributed by atoms with van der Waals surface area (Å²) in [6, 6.07) is 8.08. The molecule has 0 spiro atoms. The van der Waals surface area contributed by atoms with Gasteiger partial charge in [0, 0.05) is 55.0 Å². The molecule has 8 nitrogen and oxygen atoms in total. The SMILES string of the molecule is Clc1ccc(Cl)c(CN2CCN(c3nc4cnccc4nc3NC3CC3)CC2)c1.O=C(O)C(F)(F)F. The highest BCUT2D eigenvalue weighted by Crippen LogP contribution is 2.31. The molecule has 1 aliphatic heterocycles. The topological polar surface area (TPSA) is 94.5 Å². The van der Waals surface area contributed by atoms with Crippen LogP contribution in [0, 0.1) is 0 Å². The Morgan fingerprint density at radius 1 is 1.08 bits per heavy atom. The van der Waals surface area contributed by atoms with E-state index in [1.807, 2.05) is 24.3 Å². The number of benzene rings is 1. The molecule has 36 heavy (non-hydrogen) atoms. The van der Waals surface area contributed by atoms with Crippen LogP contribution in [-0.4, -0.2) is 69.3 Å². The Labute approximate surface area is 215 Å². The van der Waals surface area contributed by atoms with Crippen molar-refractivity contribution in [3.63, 3.8) is 0 Å². The maximum Gasteiger partial charge on any atom is 0.490 e. The highest BCUT2D eigenvalue weighted by Gasteiger charge is 2.38. The van der Waals surface area contributed by atoms with E-state index in [-0.39, 0.29) is 0 Å². The second-order valence-electron chi connectivity index (χ2n) is 8.48. The lowest BCUT2D eigenvalue weighted by Gasteiger charge is -2.36. The number of aromatic nitrogens is 3. The molecule has 1 saturated heterocycles. The summed E-state index contributed by atoms with van der Waals surface area (Å²) >= 11 is 12.5. The fourth-order valence-corrected chi connectivity index (χ4v) is 4.03. The molecule has 0 unspecified atom stereocenters. The number of alkyl halides is 3. The molecule has 0 bridgehead atoms. The van der Waals surface area contributed by atoms with E-state index >= 15 is 0 Å². The Balaban J connectivity index is 0.000000384. The summed E-state index contributed by atoms with van der Waals surface area (Å²) < 4.78 is 31.7. The van der Waals surface area contributed by atoms with Crippen molar-refractivity contribution in [1.82, 2.24) is 19.9 Å². The first-order chi connectivity index (χ1) is 17.1. The fourth-order valence-electron chi connectivity index (χ4n) is 3.66. The van der Waals surface area contributed by atoms with Gasteiger partial charge in [0.25, 0.3) is 0 Å². The van der Waals surface area contributed by atoms with Crippen LogP contribution in [0.15, 0.2) is 36.7 Å². The van der Waals surface area contributed by atoms with E-state index < -0.39 is 12.1 Å². The average molecular weight is 543 g/mol. The molecule has 0 radical (unpaired) electrons. The Bertz CT molecular complexity index is 1230. The molecule has 1 aromatic carbocycles. The third-order valence-corrected chi connectivity index (χ3v) is 6.29. The standard InChI is InChI=1S/C21H22Cl2N6.C2HF3O2/c22-15-1-4-17(23)14(11-15)13-28-7-9-29(10-8-28)21-20(25-16-2-3-16)26-18-5-6-24-12-19(18)27-21;3-2(4,5)1(6)7/h1,4-6,11-12,16H,2-3,7-10,13H2,(H,25,26);(H,6,7). The minimum atomic E-state index is -5.08. The van der Waals surface area contributed by atoms with Crippen LogP contribution in [0.4, 0.5) is 24.8 Å². The second-order valence-corrected chi connectivity index (χ2v) is 9.32. The van der Waals surface area contributed by atoms with Gasteiger partial charge in [0.1, 0.15) is 5.52 Å². The molecular weight excluding hydrogens is 520 g/mol. The van der Waals surface area contributed by atoms with Gasteiger partial charge >= 0.3 is 12.1 Å². The molecule has 2 N–H and O–H groups in total. The molecule has 2 aliphatic rings. The van der Waals surface area contributed by atoms with E-state index in [2.05, 4.69) is 20.1 Å². The van der Waals surface area contributed by atoms with Crippen molar-refractivity contribution in [3.05, 3.63) is 52.3 Å². The Hall–Kier alpha value is -2.89. The largest absolute Gasteiger partial charge is 0.490 e. The molecule has 1 aliphatic carbocycles. The molecular formula is C23H23Cl2F3N6O2. The molecule has 0 atom stereocenters. The van der Waals surface area contributed by atoms with Gasteiger partial charge in [-0.1, -0.05) is 23.2 Å². The van der Waals surface area contributed by atoms with Crippen molar-refractivity contribution in [2.24, 2.45) is 0 Å². The summed E-state index contributed by atoms with van der Waals surface area (Å²) in [4.78, 5) is 27.6. The summed E-state index contributed by atoms with van der Waals surface area (Å²) in [6.45, 7) is 4.43. The predicted octanol–water partition coefficient (Wildman–Crippen LogP) is 4.86. The number of carboxylic acid groups (broad SMARTS) is 1. The molecule has 3 aromatic rings. The normalized spacial score (nSPS) is 16.4. The first-order valence-corrected chi connectivity index (χ1v) is 12.0. The van der Waals surface area contributed by atoms with Crippen molar-refractivity contribution in [2.75, 3.05) is 36.4 Å². The van der Waals surface area contributed by atoms with Crippen LogP contribution in [0.5, 0.6) is 0 Å². The van der Waals surface area contributed by atoms with Crippen molar-refractivity contribution < 1.29 is 23.1 Å². The monoisotopic (exact) mass is 542 g/mol. The van der Waals surface area contributed by atoms with Crippen molar-refractivity contribution in [3.8, 4) is 0 Å². The average Bonchev–Trinajstić information content (AvgIpc) is 3.65. The van der Waals surface area contributed by atoms with Gasteiger partial charge in [0.2, 0.25) is 0 Å². The number of carbonyl (C=O) groups is 1. The van der Waals surface area contributed by atoms with Crippen LogP contribution in [0.3, 0.4) is 0 Å². The quantitative estimate of drug-likeness (QED) is 0.472. The van der Waals surface area contributed by atoms with Crippen LogP contribution < -0.4 is 10.2 Å². The van der Waals surface area contributed by atoms with E-state index in [9.17, 15) is 13.2 Å². The van der Waals surface area contributed by atoms with Crippen LogP contribution in [-0.2, 0) is 11.3 Å². The van der Waals surface area contributed by atoms with Gasteiger partial charge in [-0.05, 0) is 42.7 Å². The third-order valence-electron chi connectivity index (χ3n) is 5.68. The highest BCUT2D eigenvalue weighted by molar-refractivity contribution is 6.33. The zero-order chi connectivity index (χ0) is 25.9. The van der Waals surface area contributed by atoms with E-state index in [4.69, 9.17) is 43.1 Å². The van der Waals surface area contributed by atoms with Gasteiger partial charge in [-0.3, -0.25) is 9.88 Å². The van der Waals surface area contributed by atoms with E-state index in [1.165, 1.54) is 12.8 Å². The van der Waals surface area contributed by atoms with Crippen LogP contribution in [0.25, 0.3) is 11.0 Å². The lowest BCUT2D eigenvalue weighted by atomic mass is 10.2. The number of hydrogen-bond acceptors (Lipinski definition) is 7. The molecule has 3 heterocycles. The fraction of sp³-hybridized carbons (Fsp3) is 0.391. The minimum Gasteiger partial charge on any atom is -0.475 e. The second kappa shape index (κ2) is 11.0. The number of aliphatic carboxylic acids is 1. The van der Waals surface area contributed by atoms with Gasteiger partial charge in [-0.25, -0.2) is 14.8 Å². The molecule has 192 valence electrons. The number of nitrogens with one attached hydrogen (secondary N) is 1. The van der Waals surface area contributed by atoms with Crippen LogP contribution in [0.1, 0.15) is 18.4 Å². The number of piperazine rings is 1. The van der Waals surface area contributed by atoms with Gasteiger partial charge in [-0.2, -0.15) is 13.2 Å². The molecule has 13 heteroatoms. The number of nitrogens with zero attached hydrogens (tertiary/aromatic N) is 5. The van der Waals surface area contributed by atoms with Crippen molar-refractivity contribution in [2.45, 2.75) is 31.6 Å². The van der Waals surface area contributed by atoms with Crippen molar-refractivity contribution in [1.29, 1.82) is 0 Å². The third kappa shape index (κ3) is 6.86. The van der Waals surface area contributed by atoms with Gasteiger partial charge < -0.3 is 15.3 Å². The van der Waals surface area contributed by atoms with Crippen LogP contribution in [0.2, 0.25) is 10.0 Å². The maximum absolute atomic E-state index is 10.6. The van der Waals surface area contributed by atoms with Gasteiger partial charge in [0.05, 0.1) is 11.7 Å². The number of pyridine rings is 1.